The molecule has 6 heteroatoms. The van der Waals surface area contributed by atoms with Gasteiger partial charge >= 0.3 is 0 Å². The van der Waals surface area contributed by atoms with Gasteiger partial charge in [-0.05, 0) is 18.9 Å². The molecule has 0 bridgehead atoms. The minimum absolute atomic E-state index is 0.268. The monoisotopic (exact) mass is 285 g/mol. The molecular formula is C15H19N5O. The summed E-state index contributed by atoms with van der Waals surface area (Å²) >= 11 is 0. The van der Waals surface area contributed by atoms with Crippen LogP contribution in [0.15, 0.2) is 37.2 Å². The molecule has 4 rings (SSSR count). The standard InChI is InChI=1S/C15H19N5O/c1-4-17-15(18-5-1)20-8-9-21-14-12(2-3-13(14)20)10-19-7-6-16-11-19/h1,4-7,11-14H,2-3,8-10H2. The van der Waals surface area contributed by atoms with Crippen molar-refractivity contribution in [3.8, 4) is 0 Å². The average molecular weight is 285 g/mol. The molecule has 0 spiro atoms. The number of aromatic nitrogens is 4. The van der Waals surface area contributed by atoms with E-state index in [1.807, 2.05) is 37.2 Å². The SMILES string of the molecule is c1cnc(N2CCOC3C(Cn4ccnc4)CCC32)nc1. The summed E-state index contributed by atoms with van der Waals surface area (Å²) in [5.74, 6) is 1.37. The van der Waals surface area contributed by atoms with E-state index in [1.165, 1.54) is 6.42 Å². The Bertz CT molecular complexity index is 573. The molecule has 2 aromatic rings. The van der Waals surface area contributed by atoms with Crippen LogP contribution in [0.25, 0.3) is 0 Å². The van der Waals surface area contributed by atoms with E-state index in [9.17, 15) is 0 Å². The van der Waals surface area contributed by atoms with Crippen LogP contribution in [0.4, 0.5) is 5.95 Å². The molecule has 0 N–H and O–H groups in total. The Hall–Kier alpha value is -1.95. The van der Waals surface area contributed by atoms with Crippen LogP contribution in [0.2, 0.25) is 0 Å². The van der Waals surface area contributed by atoms with Gasteiger partial charge in [0.15, 0.2) is 0 Å². The highest BCUT2D eigenvalue weighted by molar-refractivity contribution is 5.33. The molecule has 1 aliphatic carbocycles. The van der Waals surface area contributed by atoms with E-state index < -0.39 is 0 Å². The second-order valence-electron chi connectivity index (χ2n) is 5.74. The number of rotatable bonds is 3. The van der Waals surface area contributed by atoms with Gasteiger partial charge in [-0.25, -0.2) is 15.0 Å². The second kappa shape index (κ2) is 5.44. The van der Waals surface area contributed by atoms with Gasteiger partial charge in [-0.3, -0.25) is 0 Å². The molecule has 3 atom stereocenters. The van der Waals surface area contributed by atoms with E-state index in [2.05, 4.69) is 24.4 Å². The van der Waals surface area contributed by atoms with Crippen molar-refractivity contribution >= 4 is 5.95 Å². The normalized spacial score (nSPS) is 28.6. The van der Waals surface area contributed by atoms with Gasteiger partial charge in [0.2, 0.25) is 5.95 Å². The van der Waals surface area contributed by atoms with Crippen LogP contribution >= 0.6 is 0 Å². The first-order valence-corrected chi connectivity index (χ1v) is 7.53. The molecule has 2 aliphatic rings. The van der Waals surface area contributed by atoms with Gasteiger partial charge in [-0.2, -0.15) is 0 Å². The maximum Gasteiger partial charge on any atom is 0.225 e. The number of morpholine rings is 1. The maximum atomic E-state index is 6.08. The Morgan fingerprint density at radius 2 is 2.10 bits per heavy atom. The van der Waals surface area contributed by atoms with Crippen LogP contribution in [0, 0.1) is 5.92 Å². The number of anilines is 1. The lowest BCUT2D eigenvalue weighted by atomic mass is 10.0. The number of imidazole rings is 1. The molecule has 3 heterocycles. The number of hydrogen-bond acceptors (Lipinski definition) is 5. The Kier molecular flexibility index (Phi) is 3.31. The highest BCUT2D eigenvalue weighted by atomic mass is 16.5. The van der Waals surface area contributed by atoms with Crippen LogP contribution in [0.1, 0.15) is 12.8 Å². The molecule has 1 saturated heterocycles. The average Bonchev–Trinajstić information content (AvgIpc) is 3.19. The zero-order chi connectivity index (χ0) is 14.1. The van der Waals surface area contributed by atoms with Crippen LogP contribution in [0.3, 0.4) is 0 Å². The van der Waals surface area contributed by atoms with Crippen LogP contribution in [-0.2, 0) is 11.3 Å². The number of nitrogens with zero attached hydrogens (tertiary/aromatic N) is 5. The molecule has 3 unspecified atom stereocenters. The molecule has 0 radical (unpaired) electrons. The lowest BCUT2D eigenvalue weighted by Gasteiger charge is -2.39. The predicted molar refractivity (Wildman–Crippen MR) is 77.9 cm³/mol. The Morgan fingerprint density at radius 1 is 1.19 bits per heavy atom. The van der Waals surface area contributed by atoms with Gasteiger partial charge in [-0.15, -0.1) is 0 Å². The first-order chi connectivity index (χ1) is 10.4. The first-order valence-electron chi connectivity index (χ1n) is 7.53. The van der Waals surface area contributed by atoms with E-state index in [-0.39, 0.29) is 6.10 Å². The summed E-state index contributed by atoms with van der Waals surface area (Å²) in [7, 11) is 0. The zero-order valence-corrected chi connectivity index (χ0v) is 11.9. The van der Waals surface area contributed by atoms with E-state index in [0.29, 0.717) is 12.0 Å². The van der Waals surface area contributed by atoms with Crippen molar-refractivity contribution in [3.05, 3.63) is 37.2 Å². The first kappa shape index (κ1) is 12.8. The van der Waals surface area contributed by atoms with Crippen LogP contribution in [-0.4, -0.2) is 44.8 Å². The second-order valence-corrected chi connectivity index (χ2v) is 5.74. The zero-order valence-electron chi connectivity index (χ0n) is 11.9. The van der Waals surface area contributed by atoms with Gasteiger partial charge in [0.05, 0.1) is 25.1 Å². The largest absolute Gasteiger partial charge is 0.374 e. The summed E-state index contributed by atoms with van der Waals surface area (Å²) < 4.78 is 8.23. The molecule has 6 nitrogen and oxygen atoms in total. The van der Waals surface area contributed by atoms with Gasteiger partial charge < -0.3 is 14.2 Å². The lowest BCUT2D eigenvalue weighted by molar-refractivity contribution is -0.00611. The van der Waals surface area contributed by atoms with Gasteiger partial charge in [0, 0.05) is 43.8 Å². The van der Waals surface area contributed by atoms with Gasteiger partial charge in [-0.1, -0.05) is 0 Å². The summed E-state index contributed by atoms with van der Waals surface area (Å²) in [4.78, 5) is 15.3. The summed E-state index contributed by atoms with van der Waals surface area (Å²) in [5, 5.41) is 0. The van der Waals surface area contributed by atoms with E-state index in [1.54, 1.807) is 0 Å². The predicted octanol–water partition coefficient (Wildman–Crippen LogP) is 1.36. The van der Waals surface area contributed by atoms with Crippen molar-refractivity contribution in [2.24, 2.45) is 5.92 Å². The van der Waals surface area contributed by atoms with Crippen molar-refractivity contribution in [1.29, 1.82) is 0 Å². The minimum Gasteiger partial charge on any atom is -0.374 e. The summed E-state index contributed by atoms with van der Waals surface area (Å²) in [6.07, 6.45) is 11.9. The fraction of sp³-hybridized carbons (Fsp3) is 0.533. The van der Waals surface area contributed by atoms with Crippen molar-refractivity contribution in [2.45, 2.75) is 31.5 Å². The molecular weight excluding hydrogens is 266 g/mol. The molecule has 110 valence electrons. The molecule has 21 heavy (non-hydrogen) atoms. The van der Waals surface area contributed by atoms with Crippen LogP contribution < -0.4 is 4.90 Å². The van der Waals surface area contributed by atoms with Gasteiger partial charge in [0.25, 0.3) is 0 Å². The number of ether oxygens (including phenoxy) is 1. The molecule has 2 fully saturated rings. The fourth-order valence-electron chi connectivity index (χ4n) is 3.61. The van der Waals surface area contributed by atoms with Gasteiger partial charge in [0.1, 0.15) is 0 Å². The smallest absolute Gasteiger partial charge is 0.225 e. The van der Waals surface area contributed by atoms with E-state index >= 15 is 0 Å². The number of hydrogen-bond donors (Lipinski definition) is 0. The molecule has 1 aliphatic heterocycles. The van der Waals surface area contributed by atoms with Crippen molar-refractivity contribution in [2.75, 3.05) is 18.1 Å². The van der Waals surface area contributed by atoms with E-state index in [0.717, 1.165) is 32.1 Å². The minimum atomic E-state index is 0.268. The Labute approximate surface area is 123 Å². The third kappa shape index (κ3) is 2.40. The summed E-state index contributed by atoms with van der Waals surface area (Å²) in [6.45, 7) is 2.60. The van der Waals surface area contributed by atoms with Crippen molar-refractivity contribution in [1.82, 2.24) is 19.5 Å². The topological polar surface area (TPSA) is 56.1 Å². The summed E-state index contributed by atoms with van der Waals surface area (Å²) in [5.41, 5.74) is 0. The third-order valence-electron chi connectivity index (χ3n) is 4.53. The van der Waals surface area contributed by atoms with E-state index in [4.69, 9.17) is 4.74 Å². The Morgan fingerprint density at radius 3 is 2.90 bits per heavy atom. The highest BCUT2D eigenvalue weighted by Crippen LogP contribution is 2.36. The number of fused-ring (bicyclic) bond motifs is 1. The maximum absolute atomic E-state index is 6.08. The van der Waals surface area contributed by atoms with Crippen LogP contribution in [0.5, 0.6) is 0 Å². The third-order valence-corrected chi connectivity index (χ3v) is 4.53. The Balaban J connectivity index is 1.52. The quantitative estimate of drug-likeness (QED) is 0.852. The molecule has 1 saturated carbocycles. The molecule has 0 aromatic carbocycles. The molecule has 0 amide bonds. The lowest BCUT2D eigenvalue weighted by Crippen LogP contribution is -2.51. The van der Waals surface area contributed by atoms with Crippen molar-refractivity contribution < 1.29 is 4.74 Å². The highest BCUT2D eigenvalue weighted by Gasteiger charge is 2.43. The fourth-order valence-corrected chi connectivity index (χ4v) is 3.61. The summed E-state index contributed by atoms with van der Waals surface area (Å²) in [6, 6.07) is 2.26. The van der Waals surface area contributed by atoms with Crippen molar-refractivity contribution in [3.63, 3.8) is 0 Å². The molecule has 2 aromatic heterocycles.